The third-order valence-corrected chi connectivity index (χ3v) is 4.91. The summed E-state index contributed by atoms with van der Waals surface area (Å²) >= 11 is 1.43. The first-order chi connectivity index (χ1) is 12.2. The number of thiazole rings is 1. The number of pyridine rings is 1. The summed E-state index contributed by atoms with van der Waals surface area (Å²) in [5.41, 5.74) is 5.27. The molecule has 0 aliphatic carbocycles. The van der Waals surface area contributed by atoms with Gasteiger partial charge in [-0.1, -0.05) is 12.1 Å². The Hall–Kier alpha value is -2.73. The number of ether oxygens (including phenoxy) is 1. The molecule has 1 aromatic carbocycles. The monoisotopic (exact) mass is 351 g/mol. The molecule has 6 heteroatoms. The summed E-state index contributed by atoms with van der Waals surface area (Å²) in [4.78, 5) is 23.0. The van der Waals surface area contributed by atoms with E-state index >= 15 is 0 Å². The maximum atomic E-state index is 12.8. The number of hydrogen-bond donors (Lipinski definition) is 0. The number of carbonyl (C=O) groups excluding carboxylic acids is 1. The average Bonchev–Trinajstić information content (AvgIpc) is 3.14. The van der Waals surface area contributed by atoms with E-state index in [4.69, 9.17) is 4.74 Å². The third kappa shape index (κ3) is 3.13. The minimum Gasteiger partial charge on any atom is -0.491 e. The average molecular weight is 351 g/mol. The van der Waals surface area contributed by atoms with E-state index in [0.29, 0.717) is 18.8 Å². The van der Waals surface area contributed by atoms with Crippen LogP contribution in [0.4, 0.5) is 0 Å². The molecule has 3 heterocycles. The molecular weight excluding hydrogens is 334 g/mol. The molecular formula is C19H17N3O2S. The van der Waals surface area contributed by atoms with Crippen LogP contribution in [-0.2, 0) is 6.54 Å². The minimum atomic E-state index is -0.0584. The van der Waals surface area contributed by atoms with Crippen molar-refractivity contribution in [1.82, 2.24) is 14.9 Å². The van der Waals surface area contributed by atoms with Crippen molar-refractivity contribution in [2.24, 2.45) is 0 Å². The van der Waals surface area contributed by atoms with Crippen LogP contribution in [0.15, 0.2) is 53.6 Å². The first-order valence-corrected chi connectivity index (χ1v) is 9.02. The number of benzene rings is 1. The lowest BCUT2D eigenvalue weighted by Crippen LogP contribution is -2.40. The quantitative estimate of drug-likeness (QED) is 0.707. The largest absolute Gasteiger partial charge is 0.491 e. The van der Waals surface area contributed by atoms with Gasteiger partial charge >= 0.3 is 0 Å². The highest BCUT2D eigenvalue weighted by atomic mass is 32.1. The zero-order chi connectivity index (χ0) is 17.2. The molecule has 1 aliphatic rings. The number of nitrogens with zero attached hydrogens (tertiary/aromatic N) is 3. The maximum Gasteiger partial charge on any atom is 0.273 e. The second-order valence-electron chi connectivity index (χ2n) is 6.03. The molecule has 25 heavy (non-hydrogen) atoms. The highest BCUT2D eigenvalue weighted by molar-refractivity contribution is 7.07. The van der Waals surface area contributed by atoms with E-state index in [1.54, 1.807) is 17.1 Å². The lowest BCUT2D eigenvalue weighted by Gasteiger charge is -2.25. The van der Waals surface area contributed by atoms with E-state index in [2.05, 4.69) is 16.0 Å². The fraction of sp³-hybridized carbons (Fsp3) is 0.211. The summed E-state index contributed by atoms with van der Waals surface area (Å²) < 4.78 is 5.92. The Kier molecular flexibility index (Phi) is 4.19. The number of rotatable bonds is 2. The maximum absolute atomic E-state index is 12.8. The number of aromatic nitrogens is 2. The van der Waals surface area contributed by atoms with Crippen LogP contribution in [0.1, 0.15) is 23.0 Å². The first kappa shape index (κ1) is 15.8. The van der Waals surface area contributed by atoms with Crippen molar-refractivity contribution in [3.8, 4) is 16.9 Å². The summed E-state index contributed by atoms with van der Waals surface area (Å²) in [7, 11) is 0. The molecule has 0 unspecified atom stereocenters. The topological polar surface area (TPSA) is 55.3 Å². The summed E-state index contributed by atoms with van der Waals surface area (Å²) in [6.07, 6.45) is 3.59. The van der Waals surface area contributed by atoms with Crippen LogP contribution in [0, 0.1) is 0 Å². The van der Waals surface area contributed by atoms with Gasteiger partial charge in [-0.3, -0.25) is 9.78 Å². The zero-order valence-corrected chi connectivity index (χ0v) is 14.6. The Morgan fingerprint density at radius 1 is 1.32 bits per heavy atom. The molecule has 4 rings (SSSR count). The summed E-state index contributed by atoms with van der Waals surface area (Å²) in [6.45, 7) is 2.97. The van der Waals surface area contributed by atoms with Gasteiger partial charge in [0, 0.05) is 28.9 Å². The molecule has 0 saturated heterocycles. The van der Waals surface area contributed by atoms with Crippen LogP contribution < -0.4 is 4.74 Å². The molecule has 0 fully saturated rings. The van der Waals surface area contributed by atoms with Crippen LogP contribution in [0.3, 0.4) is 0 Å². The molecule has 0 spiro atoms. The van der Waals surface area contributed by atoms with Gasteiger partial charge < -0.3 is 9.64 Å². The smallest absolute Gasteiger partial charge is 0.273 e. The van der Waals surface area contributed by atoms with Gasteiger partial charge in [0.25, 0.3) is 5.91 Å². The Balaban J connectivity index is 1.68. The molecule has 0 bridgehead atoms. The summed E-state index contributed by atoms with van der Waals surface area (Å²) in [6, 6.07) is 9.99. The van der Waals surface area contributed by atoms with Crippen LogP contribution in [0.5, 0.6) is 5.75 Å². The molecule has 1 amide bonds. The molecule has 0 saturated carbocycles. The highest BCUT2D eigenvalue weighted by Gasteiger charge is 2.27. The number of fused-ring (bicyclic) bond motifs is 1. The fourth-order valence-corrected chi connectivity index (χ4v) is 3.46. The lowest BCUT2D eigenvalue weighted by molar-refractivity contribution is 0.0640. The molecule has 0 radical (unpaired) electrons. The van der Waals surface area contributed by atoms with E-state index < -0.39 is 0 Å². The van der Waals surface area contributed by atoms with Crippen molar-refractivity contribution in [1.29, 1.82) is 0 Å². The molecule has 0 N–H and O–H groups in total. The highest BCUT2D eigenvalue weighted by Crippen LogP contribution is 2.30. The van der Waals surface area contributed by atoms with Crippen molar-refractivity contribution in [2.45, 2.75) is 19.5 Å². The lowest BCUT2D eigenvalue weighted by atomic mass is 10.0. The van der Waals surface area contributed by atoms with Gasteiger partial charge in [-0.15, -0.1) is 11.3 Å². The van der Waals surface area contributed by atoms with Crippen LogP contribution >= 0.6 is 11.3 Å². The van der Waals surface area contributed by atoms with Gasteiger partial charge in [0.2, 0.25) is 0 Å². The van der Waals surface area contributed by atoms with Crippen molar-refractivity contribution in [2.75, 3.05) is 6.61 Å². The van der Waals surface area contributed by atoms with E-state index in [1.165, 1.54) is 11.3 Å². The van der Waals surface area contributed by atoms with Gasteiger partial charge in [-0.2, -0.15) is 0 Å². The minimum absolute atomic E-state index is 0.0246. The molecule has 2 aromatic heterocycles. The van der Waals surface area contributed by atoms with Crippen LogP contribution in [-0.4, -0.2) is 33.4 Å². The normalized spacial score (nSPS) is 16.7. The van der Waals surface area contributed by atoms with E-state index in [9.17, 15) is 4.79 Å². The first-order valence-electron chi connectivity index (χ1n) is 8.07. The molecule has 1 atom stereocenters. The van der Waals surface area contributed by atoms with E-state index in [1.807, 2.05) is 42.3 Å². The SMILES string of the molecule is C[C@H]1COc2ccc(-c3cccnc3)cc2CN1C(=O)c1cscn1. The molecule has 5 nitrogen and oxygen atoms in total. The van der Waals surface area contributed by atoms with Crippen molar-refractivity contribution < 1.29 is 9.53 Å². The molecule has 1 aliphatic heterocycles. The third-order valence-electron chi connectivity index (χ3n) is 4.32. The van der Waals surface area contributed by atoms with Crippen molar-refractivity contribution in [3.63, 3.8) is 0 Å². The predicted molar refractivity (Wildman–Crippen MR) is 96.6 cm³/mol. The number of carbonyl (C=O) groups is 1. The van der Waals surface area contributed by atoms with E-state index in [-0.39, 0.29) is 11.9 Å². The Morgan fingerprint density at radius 2 is 2.24 bits per heavy atom. The number of amides is 1. The zero-order valence-electron chi connectivity index (χ0n) is 13.8. The van der Waals surface area contributed by atoms with Gasteiger partial charge in [-0.25, -0.2) is 4.98 Å². The second-order valence-corrected chi connectivity index (χ2v) is 6.75. The van der Waals surface area contributed by atoms with Gasteiger partial charge in [0.15, 0.2) is 0 Å². The van der Waals surface area contributed by atoms with Crippen molar-refractivity contribution in [3.05, 3.63) is 64.9 Å². The summed E-state index contributed by atoms with van der Waals surface area (Å²) in [5, 5.41) is 1.79. The van der Waals surface area contributed by atoms with Gasteiger partial charge in [0.1, 0.15) is 18.1 Å². The van der Waals surface area contributed by atoms with E-state index in [0.717, 1.165) is 22.4 Å². The Bertz CT molecular complexity index is 881. The molecule has 3 aromatic rings. The fourth-order valence-electron chi connectivity index (χ4n) is 2.93. The standard InChI is InChI=1S/C19H17N3O2S/c1-13-10-24-18-5-4-14(15-3-2-6-20-8-15)7-16(18)9-22(13)19(23)17-11-25-12-21-17/h2-8,11-13H,9-10H2,1H3/t13-/m0/s1. The predicted octanol–water partition coefficient (Wildman–Crippen LogP) is 3.63. The van der Waals surface area contributed by atoms with Gasteiger partial charge in [0.05, 0.1) is 18.1 Å². The van der Waals surface area contributed by atoms with Crippen LogP contribution in [0.2, 0.25) is 0 Å². The van der Waals surface area contributed by atoms with Crippen LogP contribution in [0.25, 0.3) is 11.1 Å². The van der Waals surface area contributed by atoms with Gasteiger partial charge in [-0.05, 0) is 30.7 Å². The Morgan fingerprint density at radius 3 is 3.00 bits per heavy atom. The molecule has 126 valence electrons. The Labute approximate surface area is 149 Å². The second kappa shape index (κ2) is 6.64. The van der Waals surface area contributed by atoms with Crippen molar-refractivity contribution >= 4 is 17.2 Å². The summed E-state index contributed by atoms with van der Waals surface area (Å²) in [5.74, 6) is 0.769. The number of hydrogen-bond acceptors (Lipinski definition) is 5.